The van der Waals surface area contributed by atoms with Crippen molar-refractivity contribution < 1.29 is 14.3 Å². The van der Waals surface area contributed by atoms with Crippen LogP contribution in [0, 0.1) is 5.82 Å². The van der Waals surface area contributed by atoms with Gasteiger partial charge in [0.1, 0.15) is 17.2 Å². The molecule has 0 unspecified atom stereocenters. The Hall–Kier alpha value is -2.17. The van der Waals surface area contributed by atoms with Crippen LogP contribution in [0.25, 0.3) is 11.4 Å². The van der Waals surface area contributed by atoms with Gasteiger partial charge in [-0.15, -0.1) is 0 Å². The van der Waals surface area contributed by atoms with E-state index >= 15 is 0 Å². The highest BCUT2D eigenvalue weighted by Crippen LogP contribution is 2.24. The summed E-state index contributed by atoms with van der Waals surface area (Å²) in [6, 6.07) is 4.17. The minimum Gasteiger partial charge on any atom is -0.478 e. The topological polar surface area (TPSA) is 55.1 Å². The van der Waals surface area contributed by atoms with Crippen molar-refractivity contribution >= 4 is 5.97 Å². The van der Waals surface area contributed by atoms with E-state index in [1.807, 2.05) is 6.92 Å². The lowest BCUT2D eigenvalue weighted by atomic mass is 10.1. The van der Waals surface area contributed by atoms with Crippen molar-refractivity contribution in [1.29, 1.82) is 0 Å². The molecule has 0 aliphatic rings. The van der Waals surface area contributed by atoms with Gasteiger partial charge in [0.2, 0.25) is 0 Å². The van der Waals surface area contributed by atoms with Crippen molar-refractivity contribution in [2.75, 3.05) is 0 Å². The summed E-state index contributed by atoms with van der Waals surface area (Å²) >= 11 is 0. The third-order valence-corrected chi connectivity index (χ3v) is 2.52. The number of hydrogen-bond donors (Lipinski definition) is 1. The molecular formula is C12H11FN2O2. The Morgan fingerprint density at radius 1 is 1.53 bits per heavy atom. The molecule has 0 bridgehead atoms. The number of hydrogen-bond acceptors (Lipinski definition) is 2. The number of carbonyl (C=O) groups is 1. The van der Waals surface area contributed by atoms with Crippen LogP contribution in [-0.2, 0) is 6.54 Å². The van der Waals surface area contributed by atoms with Gasteiger partial charge in [0.25, 0.3) is 0 Å². The summed E-state index contributed by atoms with van der Waals surface area (Å²) in [5, 5.41) is 9.03. The zero-order valence-corrected chi connectivity index (χ0v) is 9.22. The molecule has 17 heavy (non-hydrogen) atoms. The highest BCUT2D eigenvalue weighted by molar-refractivity contribution is 5.95. The van der Waals surface area contributed by atoms with E-state index in [2.05, 4.69) is 4.98 Å². The summed E-state index contributed by atoms with van der Waals surface area (Å²) in [5.74, 6) is -1.58. The van der Waals surface area contributed by atoms with Crippen LogP contribution in [0.5, 0.6) is 0 Å². The van der Waals surface area contributed by atoms with Gasteiger partial charge in [0.15, 0.2) is 0 Å². The number of benzene rings is 1. The summed E-state index contributed by atoms with van der Waals surface area (Å²) in [4.78, 5) is 15.1. The molecule has 0 amide bonds. The molecule has 4 nitrogen and oxygen atoms in total. The second kappa shape index (κ2) is 4.37. The van der Waals surface area contributed by atoms with Crippen molar-refractivity contribution in [2.45, 2.75) is 13.5 Å². The van der Waals surface area contributed by atoms with E-state index in [9.17, 15) is 9.18 Å². The summed E-state index contributed by atoms with van der Waals surface area (Å²) in [5.41, 5.74) is -0.0437. The Bertz CT molecular complexity index is 563. The Labute approximate surface area is 97.3 Å². The van der Waals surface area contributed by atoms with Gasteiger partial charge >= 0.3 is 5.97 Å². The lowest BCUT2D eigenvalue weighted by Gasteiger charge is -2.08. The first-order valence-corrected chi connectivity index (χ1v) is 5.18. The summed E-state index contributed by atoms with van der Waals surface area (Å²) in [6.45, 7) is 2.55. The molecule has 0 atom stereocenters. The van der Waals surface area contributed by atoms with E-state index in [1.165, 1.54) is 6.07 Å². The molecule has 0 aliphatic carbocycles. The minimum absolute atomic E-state index is 0.296. The van der Waals surface area contributed by atoms with E-state index in [-0.39, 0.29) is 5.56 Å². The first kappa shape index (κ1) is 11.3. The molecule has 1 aromatic heterocycles. The fourth-order valence-electron chi connectivity index (χ4n) is 1.74. The zero-order chi connectivity index (χ0) is 12.4. The Kier molecular flexibility index (Phi) is 2.91. The largest absolute Gasteiger partial charge is 0.478 e. The number of aryl methyl sites for hydroxylation is 1. The van der Waals surface area contributed by atoms with Crippen LogP contribution >= 0.6 is 0 Å². The average Bonchev–Trinajstić information content (AvgIpc) is 2.75. The van der Waals surface area contributed by atoms with Gasteiger partial charge in [-0.3, -0.25) is 0 Å². The lowest BCUT2D eigenvalue weighted by molar-refractivity contribution is 0.0692. The molecule has 0 saturated carbocycles. The predicted octanol–water partition coefficient (Wildman–Crippen LogP) is 2.41. The molecule has 0 spiro atoms. The number of aromatic nitrogens is 2. The predicted molar refractivity (Wildman–Crippen MR) is 60.3 cm³/mol. The van der Waals surface area contributed by atoms with E-state index in [1.54, 1.807) is 23.0 Å². The molecule has 88 valence electrons. The highest BCUT2D eigenvalue weighted by atomic mass is 19.1. The third-order valence-electron chi connectivity index (χ3n) is 2.52. The maximum atomic E-state index is 13.5. The summed E-state index contributed by atoms with van der Waals surface area (Å²) in [7, 11) is 0. The number of aromatic carboxylic acids is 1. The first-order chi connectivity index (χ1) is 8.15. The van der Waals surface area contributed by atoms with Gasteiger partial charge in [-0.2, -0.15) is 0 Å². The van der Waals surface area contributed by atoms with Crippen molar-refractivity contribution in [1.82, 2.24) is 9.55 Å². The van der Waals surface area contributed by atoms with Crippen LogP contribution in [0.1, 0.15) is 17.3 Å². The fourth-order valence-corrected chi connectivity index (χ4v) is 1.74. The number of carboxylic acids is 1. The van der Waals surface area contributed by atoms with Gasteiger partial charge in [-0.25, -0.2) is 14.2 Å². The van der Waals surface area contributed by atoms with Crippen LogP contribution in [-0.4, -0.2) is 20.6 Å². The van der Waals surface area contributed by atoms with Gasteiger partial charge in [0.05, 0.1) is 0 Å². The molecule has 1 heterocycles. The Morgan fingerprint density at radius 2 is 2.29 bits per heavy atom. The molecule has 0 saturated heterocycles. The van der Waals surface area contributed by atoms with Gasteiger partial charge in [-0.05, 0) is 13.0 Å². The quantitative estimate of drug-likeness (QED) is 0.887. The molecular weight excluding hydrogens is 223 g/mol. The number of nitrogens with zero attached hydrogens (tertiary/aromatic N) is 2. The SMILES string of the molecule is CCn1ccnc1-c1cccc(F)c1C(=O)O. The molecule has 0 fully saturated rings. The Morgan fingerprint density at radius 3 is 2.94 bits per heavy atom. The lowest BCUT2D eigenvalue weighted by Crippen LogP contribution is -2.06. The average molecular weight is 234 g/mol. The molecule has 0 aliphatic heterocycles. The minimum atomic E-state index is -1.29. The Balaban J connectivity index is 2.67. The van der Waals surface area contributed by atoms with E-state index in [0.29, 0.717) is 17.9 Å². The molecule has 0 radical (unpaired) electrons. The zero-order valence-electron chi connectivity index (χ0n) is 9.22. The third kappa shape index (κ3) is 1.91. The number of halogens is 1. The molecule has 5 heteroatoms. The van der Waals surface area contributed by atoms with Crippen molar-refractivity contribution in [3.8, 4) is 11.4 Å². The van der Waals surface area contributed by atoms with E-state index in [0.717, 1.165) is 6.07 Å². The summed E-state index contributed by atoms with van der Waals surface area (Å²) < 4.78 is 15.3. The smallest absolute Gasteiger partial charge is 0.339 e. The van der Waals surface area contributed by atoms with Gasteiger partial charge < -0.3 is 9.67 Å². The molecule has 2 rings (SSSR count). The van der Waals surface area contributed by atoms with Crippen LogP contribution in [0.4, 0.5) is 4.39 Å². The van der Waals surface area contributed by atoms with Crippen molar-refractivity contribution in [2.24, 2.45) is 0 Å². The monoisotopic (exact) mass is 234 g/mol. The molecule has 1 aromatic carbocycles. The van der Waals surface area contributed by atoms with Crippen LogP contribution in [0.15, 0.2) is 30.6 Å². The normalized spacial score (nSPS) is 10.5. The maximum Gasteiger partial charge on any atom is 0.339 e. The molecule has 2 aromatic rings. The van der Waals surface area contributed by atoms with Gasteiger partial charge in [-0.1, -0.05) is 12.1 Å². The van der Waals surface area contributed by atoms with E-state index < -0.39 is 11.8 Å². The highest BCUT2D eigenvalue weighted by Gasteiger charge is 2.19. The fraction of sp³-hybridized carbons (Fsp3) is 0.167. The summed E-state index contributed by atoms with van der Waals surface area (Å²) in [6.07, 6.45) is 3.29. The molecule has 1 N–H and O–H groups in total. The second-order valence-corrected chi connectivity index (χ2v) is 3.50. The van der Waals surface area contributed by atoms with Crippen LogP contribution in [0.2, 0.25) is 0 Å². The number of imidazole rings is 1. The first-order valence-electron chi connectivity index (χ1n) is 5.18. The second-order valence-electron chi connectivity index (χ2n) is 3.50. The maximum absolute atomic E-state index is 13.5. The van der Waals surface area contributed by atoms with E-state index in [4.69, 9.17) is 5.11 Å². The van der Waals surface area contributed by atoms with Gasteiger partial charge in [0, 0.05) is 24.5 Å². The van der Waals surface area contributed by atoms with Crippen LogP contribution in [0.3, 0.4) is 0 Å². The number of rotatable bonds is 3. The number of carboxylic acid groups (broad SMARTS) is 1. The van der Waals surface area contributed by atoms with Crippen molar-refractivity contribution in [3.63, 3.8) is 0 Å². The van der Waals surface area contributed by atoms with Crippen molar-refractivity contribution in [3.05, 3.63) is 42.0 Å². The standard InChI is InChI=1S/C12H11FN2O2/c1-2-15-7-6-14-11(15)8-4-3-5-9(13)10(8)12(16)17/h3-7H,2H2,1H3,(H,16,17). The van der Waals surface area contributed by atoms with Crippen LogP contribution < -0.4 is 0 Å².